The number of hydrogen-bond donors (Lipinski definition) is 4. The standard InChI is InChI=1S/C31H35N5O4.C2HF3O2/c1-35-25-17-16-21(11-5-4-10-18-34-31(32)33)19-24(25)29(39)36(28(30(35)40)23-14-8-3-9-15-23)26(20-27(37)38)22-12-6-2-7-13-22;3-2(4,5)1(6)7/h2-3,6-9,12-17,19,26,28H,4-5,10-11,18,20H2,1H3,(H,37,38)(H4,32,33,34);(H,6,7). The van der Waals surface area contributed by atoms with Gasteiger partial charge in [0, 0.05) is 13.6 Å². The highest BCUT2D eigenvalue weighted by molar-refractivity contribution is 6.11. The highest BCUT2D eigenvalue weighted by Gasteiger charge is 2.43. The Morgan fingerprint density at radius 1 is 0.915 bits per heavy atom. The van der Waals surface area contributed by atoms with E-state index < -0.39 is 30.2 Å². The van der Waals surface area contributed by atoms with Crippen LogP contribution in [0.5, 0.6) is 0 Å². The van der Waals surface area contributed by atoms with Crippen molar-refractivity contribution in [3.05, 3.63) is 101 Å². The Labute approximate surface area is 269 Å². The van der Waals surface area contributed by atoms with Gasteiger partial charge in [-0.15, -0.1) is 0 Å². The van der Waals surface area contributed by atoms with E-state index in [4.69, 9.17) is 21.4 Å². The van der Waals surface area contributed by atoms with Gasteiger partial charge in [-0.3, -0.25) is 19.4 Å². The average Bonchev–Trinajstić information content (AvgIpc) is 3.10. The summed E-state index contributed by atoms with van der Waals surface area (Å²) in [6.07, 6.45) is -2.05. The first-order chi connectivity index (χ1) is 22.2. The second kappa shape index (κ2) is 16.2. The van der Waals surface area contributed by atoms with E-state index in [1.54, 1.807) is 49.5 Å². The summed E-state index contributed by atoms with van der Waals surface area (Å²) in [5, 5.41) is 17.0. The number of nitrogens with zero attached hydrogens (tertiary/aromatic N) is 3. The molecule has 0 bridgehead atoms. The molecule has 1 aliphatic heterocycles. The molecule has 2 amide bonds. The molecule has 11 nitrogen and oxygen atoms in total. The summed E-state index contributed by atoms with van der Waals surface area (Å²) in [5.41, 5.74) is 13.9. The van der Waals surface area contributed by atoms with Gasteiger partial charge < -0.3 is 31.5 Å². The Morgan fingerprint density at radius 2 is 1.51 bits per heavy atom. The monoisotopic (exact) mass is 655 g/mol. The number of carboxylic acid groups (broad SMARTS) is 2. The zero-order valence-electron chi connectivity index (χ0n) is 25.6. The van der Waals surface area contributed by atoms with Crippen molar-refractivity contribution in [2.45, 2.75) is 50.4 Å². The minimum Gasteiger partial charge on any atom is -0.481 e. The van der Waals surface area contributed by atoms with E-state index in [9.17, 15) is 32.7 Å². The number of carbonyl (C=O) groups excluding carboxylic acids is 2. The van der Waals surface area contributed by atoms with Gasteiger partial charge in [-0.2, -0.15) is 13.2 Å². The molecule has 3 aromatic rings. The van der Waals surface area contributed by atoms with E-state index in [0.29, 0.717) is 28.9 Å². The number of guanidine groups is 1. The van der Waals surface area contributed by atoms with Crippen LogP contribution in [0.25, 0.3) is 0 Å². The van der Waals surface area contributed by atoms with Gasteiger partial charge in [0.1, 0.15) is 6.04 Å². The first-order valence-electron chi connectivity index (χ1n) is 14.6. The number of hydrogen-bond acceptors (Lipinski definition) is 5. The summed E-state index contributed by atoms with van der Waals surface area (Å²) in [5.74, 6) is -4.43. The Hall–Kier alpha value is -5.40. The van der Waals surface area contributed by atoms with Gasteiger partial charge in [0.2, 0.25) is 0 Å². The first kappa shape index (κ1) is 36.1. The molecule has 14 heteroatoms. The molecule has 0 saturated carbocycles. The summed E-state index contributed by atoms with van der Waals surface area (Å²) < 4.78 is 31.7. The van der Waals surface area contributed by atoms with Gasteiger partial charge in [-0.25, -0.2) is 4.79 Å². The summed E-state index contributed by atoms with van der Waals surface area (Å²) in [6.45, 7) is 0.568. The Bertz CT molecular complexity index is 1580. The normalized spacial score (nSPS) is 15.1. The van der Waals surface area contributed by atoms with Gasteiger partial charge in [-0.05, 0) is 48.1 Å². The zero-order chi connectivity index (χ0) is 34.7. The molecule has 6 N–H and O–H groups in total. The van der Waals surface area contributed by atoms with Crippen molar-refractivity contribution in [1.29, 1.82) is 0 Å². The molecule has 0 spiro atoms. The maximum absolute atomic E-state index is 14.5. The fourth-order valence-corrected chi connectivity index (χ4v) is 5.18. The van der Waals surface area contributed by atoms with Crippen LogP contribution in [0, 0.1) is 0 Å². The molecule has 2 unspecified atom stereocenters. The quantitative estimate of drug-likeness (QED) is 0.131. The lowest BCUT2D eigenvalue weighted by Gasteiger charge is -2.36. The van der Waals surface area contributed by atoms with Crippen molar-refractivity contribution in [2.75, 3.05) is 18.5 Å². The maximum Gasteiger partial charge on any atom is 0.490 e. The molecule has 250 valence electrons. The fraction of sp³-hybridized carbons (Fsp3) is 0.303. The number of fused-ring (bicyclic) bond motifs is 1. The van der Waals surface area contributed by atoms with E-state index >= 15 is 0 Å². The van der Waals surface area contributed by atoms with Crippen molar-refractivity contribution >= 4 is 35.4 Å². The predicted molar refractivity (Wildman–Crippen MR) is 169 cm³/mol. The molecule has 4 rings (SSSR count). The molecule has 47 heavy (non-hydrogen) atoms. The van der Waals surface area contributed by atoms with E-state index in [1.807, 2.05) is 36.4 Å². The molecule has 1 heterocycles. The van der Waals surface area contributed by atoms with E-state index in [2.05, 4.69) is 4.99 Å². The molecule has 0 aromatic heterocycles. The number of rotatable bonds is 11. The molecular weight excluding hydrogens is 619 g/mol. The average molecular weight is 656 g/mol. The predicted octanol–water partition coefficient (Wildman–Crippen LogP) is 4.68. The van der Waals surface area contributed by atoms with Crippen LogP contribution in [-0.2, 0) is 20.8 Å². The number of halogens is 3. The van der Waals surface area contributed by atoms with E-state index in [0.717, 1.165) is 31.2 Å². The van der Waals surface area contributed by atoms with Crippen molar-refractivity contribution in [1.82, 2.24) is 4.90 Å². The van der Waals surface area contributed by atoms with Crippen LogP contribution in [-0.4, -0.2) is 64.6 Å². The number of aliphatic carboxylic acids is 2. The summed E-state index contributed by atoms with van der Waals surface area (Å²) >= 11 is 0. The Balaban J connectivity index is 0.000000771. The fourth-order valence-electron chi connectivity index (χ4n) is 5.18. The number of nitrogens with two attached hydrogens (primary N) is 2. The van der Waals surface area contributed by atoms with Gasteiger partial charge in [-0.1, -0.05) is 73.2 Å². The lowest BCUT2D eigenvalue weighted by molar-refractivity contribution is -0.192. The second-order valence-electron chi connectivity index (χ2n) is 10.7. The van der Waals surface area contributed by atoms with Crippen molar-refractivity contribution < 1.29 is 42.6 Å². The molecule has 0 fully saturated rings. The number of amides is 2. The van der Waals surface area contributed by atoms with Gasteiger partial charge >= 0.3 is 18.1 Å². The summed E-state index contributed by atoms with van der Waals surface area (Å²) in [7, 11) is 1.66. The van der Waals surface area contributed by atoms with Crippen LogP contribution in [0.1, 0.15) is 64.8 Å². The third-order valence-corrected chi connectivity index (χ3v) is 7.39. The number of anilines is 1. The molecule has 0 saturated heterocycles. The number of aryl methyl sites for hydroxylation is 1. The molecule has 1 aliphatic rings. The summed E-state index contributed by atoms with van der Waals surface area (Å²) in [4.78, 5) is 56.5. The highest BCUT2D eigenvalue weighted by atomic mass is 19.4. The molecule has 3 aromatic carbocycles. The number of likely N-dealkylation sites (N-methyl/N-ethyl adjacent to an activating group) is 1. The lowest BCUT2D eigenvalue weighted by Crippen LogP contribution is -2.43. The zero-order valence-corrected chi connectivity index (χ0v) is 25.6. The van der Waals surface area contributed by atoms with Crippen LogP contribution in [0.4, 0.5) is 18.9 Å². The topological polar surface area (TPSA) is 180 Å². The number of carbonyl (C=O) groups is 4. The van der Waals surface area contributed by atoms with E-state index in [1.165, 1.54) is 9.80 Å². The number of benzene rings is 3. The lowest BCUT2D eigenvalue weighted by atomic mass is 9.95. The minimum absolute atomic E-state index is 0.0815. The minimum atomic E-state index is -5.08. The molecule has 0 aliphatic carbocycles. The number of alkyl halides is 3. The third kappa shape index (κ3) is 9.79. The molecular formula is C33H36F3N5O6. The third-order valence-electron chi connectivity index (χ3n) is 7.39. The van der Waals surface area contributed by atoms with E-state index in [-0.39, 0.29) is 24.2 Å². The van der Waals surface area contributed by atoms with Crippen LogP contribution in [0.2, 0.25) is 0 Å². The van der Waals surface area contributed by atoms with Crippen molar-refractivity contribution in [3.63, 3.8) is 0 Å². The maximum atomic E-state index is 14.5. The van der Waals surface area contributed by atoms with Crippen molar-refractivity contribution in [2.24, 2.45) is 16.5 Å². The van der Waals surface area contributed by atoms with Crippen LogP contribution in [0.3, 0.4) is 0 Å². The number of carboxylic acids is 2. The molecule has 0 radical (unpaired) electrons. The molecule has 2 atom stereocenters. The largest absolute Gasteiger partial charge is 0.490 e. The SMILES string of the molecule is CN1C(=O)C(c2ccccc2)N(C(CC(=O)O)c2ccccc2)C(=O)c2cc(CCCCCN=C(N)N)ccc21.O=C(O)C(F)(F)F. The van der Waals surface area contributed by atoms with Crippen molar-refractivity contribution in [3.8, 4) is 0 Å². The van der Waals surface area contributed by atoms with Crippen LogP contribution < -0.4 is 16.4 Å². The van der Waals surface area contributed by atoms with Gasteiger partial charge in [0.05, 0.1) is 23.7 Å². The highest BCUT2D eigenvalue weighted by Crippen LogP contribution is 2.40. The van der Waals surface area contributed by atoms with Crippen LogP contribution >= 0.6 is 0 Å². The van der Waals surface area contributed by atoms with Gasteiger partial charge in [0.15, 0.2) is 5.96 Å². The second-order valence-corrected chi connectivity index (χ2v) is 10.7. The number of aliphatic imine (C=N–C) groups is 1. The summed E-state index contributed by atoms with van der Waals surface area (Å²) in [6, 6.07) is 21.8. The smallest absolute Gasteiger partial charge is 0.481 e. The number of unbranched alkanes of at least 4 members (excludes halogenated alkanes) is 2. The Kier molecular flexibility index (Phi) is 12.5. The van der Waals surface area contributed by atoms with Gasteiger partial charge in [0.25, 0.3) is 11.8 Å². The first-order valence-corrected chi connectivity index (χ1v) is 14.6. The Morgan fingerprint density at radius 3 is 2.06 bits per heavy atom. The van der Waals surface area contributed by atoms with Crippen LogP contribution in [0.15, 0.2) is 83.9 Å².